The first-order valence-corrected chi connectivity index (χ1v) is 6.08. The number of benzene rings is 1. The lowest BCUT2D eigenvalue weighted by Crippen LogP contribution is -1.89. The number of carboxylic acid groups (broad SMARTS) is 1. The average Bonchev–Trinajstić information content (AvgIpc) is 2.56. The number of fused-ring (bicyclic) bond motifs is 1. The van der Waals surface area contributed by atoms with Gasteiger partial charge >= 0.3 is 5.97 Å². The molecule has 1 aromatic carbocycles. The van der Waals surface area contributed by atoms with Gasteiger partial charge in [-0.2, -0.15) is 0 Å². The van der Waals surface area contributed by atoms with Gasteiger partial charge < -0.3 is 5.11 Å². The summed E-state index contributed by atoms with van der Waals surface area (Å²) in [5, 5.41) is 9.80. The Hall–Kier alpha value is -0.270. The van der Waals surface area contributed by atoms with Gasteiger partial charge in [0.25, 0.3) is 0 Å². The van der Waals surface area contributed by atoms with E-state index in [9.17, 15) is 4.79 Å². The van der Waals surface area contributed by atoms with Gasteiger partial charge in [-0.15, -0.1) is 24.0 Å². The molecular formula is C9H5IO2S2. The minimum Gasteiger partial charge on any atom is -0.477 e. The number of thiophene rings is 1. The molecule has 1 N–H and O–H groups in total. The van der Waals surface area contributed by atoms with E-state index in [4.69, 9.17) is 5.11 Å². The van der Waals surface area contributed by atoms with Crippen LogP contribution in [0.5, 0.6) is 0 Å². The molecule has 0 amide bonds. The molecule has 0 bridgehead atoms. The lowest BCUT2D eigenvalue weighted by Gasteiger charge is -1.96. The van der Waals surface area contributed by atoms with Crippen LogP contribution in [-0.4, -0.2) is 11.1 Å². The Morgan fingerprint density at radius 2 is 2.21 bits per heavy atom. The number of rotatable bonds is 1. The van der Waals surface area contributed by atoms with E-state index in [2.05, 4.69) is 35.2 Å². The number of hydrogen-bond acceptors (Lipinski definition) is 3. The van der Waals surface area contributed by atoms with E-state index in [1.807, 2.05) is 12.1 Å². The van der Waals surface area contributed by atoms with Crippen molar-refractivity contribution in [2.45, 2.75) is 4.90 Å². The molecule has 0 radical (unpaired) electrons. The number of hydrogen-bond donors (Lipinski definition) is 2. The summed E-state index contributed by atoms with van der Waals surface area (Å²) in [6, 6.07) is 5.46. The van der Waals surface area contributed by atoms with Crippen LogP contribution in [0.1, 0.15) is 9.67 Å². The van der Waals surface area contributed by atoms with Crippen LogP contribution in [0, 0.1) is 3.57 Å². The number of carboxylic acids is 1. The van der Waals surface area contributed by atoms with Crippen molar-refractivity contribution in [2.24, 2.45) is 0 Å². The van der Waals surface area contributed by atoms with Crippen LogP contribution in [0.15, 0.2) is 23.1 Å². The van der Waals surface area contributed by atoms with Gasteiger partial charge in [0.15, 0.2) is 0 Å². The van der Waals surface area contributed by atoms with Crippen LogP contribution in [0.25, 0.3) is 10.1 Å². The van der Waals surface area contributed by atoms with Crippen LogP contribution in [0.3, 0.4) is 0 Å². The Morgan fingerprint density at radius 1 is 1.50 bits per heavy atom. The Morgan fingerprint density at radius 3 is 2.86 bits per heavy atom. The Labute approximate surface area is 103 Å². The summed E-state index contributed by atoms with van der Waals surface area (Å²) < 4.78 is 2.01. The summed E-state index contributed by atoms with van der Waals surface area (Å²) in [5.41, 5.74) is 0. The van der Waals surface area contributed by atoms with Gasteiger partial charge in [-0.05, 0) is 40.1 Å². The van der Waals surface area contributed by atoms with Gasteiger partial charge in [0.1, 0.15) is 4.88 Å². The van der Waals surface area contributed by atoms with Crippen molar-refractivity contribution in [3.63, 3.8) is 0 Å². The number of halogens is 1. The van der Waals surface area contributed by atoms with Crippen molar-refractivity contribution in [2.75, 3.05) is 0 Å². The van der Waals surface area contributed by atoms with Gasteiger partial charge in [-0.3, -0.25) is 0 Å². The zero-order valence-corrected chi connectivity index (χ0v) is 10.7. The summed E-state index contributed by atoms with van der Waals surface area (Å²) in [6.07, 6.45) is 0. The fourth-order valence-electron chi connectivity index (χ4n) is 1.16. The molecule has 5 heteroatoms. The highest BCUT2D eigenvalue weighted by atomic mass is 127. The Bertz CT molecular complexity index is 519. The first kappa shape index (κ1) is 10.3. The van der Waals surface area contributed by atoms with E-state index in [0.717, 1.165) is 18.6 Å². The van der Waals surface area contributed by atoms with Gasteiger partial charge in [-0.25, -0.2) is 4.79 Å². The predicted octanol–water partition coefficient (Wildman–Crippen LogP) is 3.49. The molecule has 2 rings (SSSR count). The monoisotopic (exact) mass is 336 g/mol. The zero-order valence-electron chi connectivity index (χ0n) is 6.82. The Kier molecular flexibility index (Phi) is 2.72. The molecule has 14 heavy (non-hydrogen) atoms. The summed E-state index contributed by atoms with van der Waals surface area (Å²) in [5.74, 6) is -0.872. The third kappa shape index (κ3) is 1.64. The van der Waals surface area contributed by atoms with Gasteiger partial charge in [0.05, 0.1) is 0 Å². The second-order valence-electron chi connectivity index (χ2n) is 2.73. The summed E-state index contributed by atoms with van der Waals surface area (Å²) in [7, 11) is 0. The van der Waals surface area contributed by atoms with Crippen molar-refractivity contribution >= 4 is 62.6 Å². The van der Waals surface area contributed by atoms with Crippen LogP contribution < -0.4 is 0 Å². The lowest BCUT2D eigenvalue weighted by atomic mass is 10.2. The molecule has 0 atom stereocenters. The molecule has 0 unspecified atom stereocenters. The standard InChI is InChI=1S/C9H5IO2S2/c10-7-5(13)2-1-4-3-6(9(11)12)14-8(4)7/h1-3,13H,(H,11,12). The molecule has 0 aliphatic carbocycles. The van der Waals surface area contributed by atoms with Crippen molar-refractivity contribution in [3.05, 3.63) is 26.6 Å². The topological polar surface area (TPSA) is 37.3 Å². The van der Waals surface area contributed by atoms with Crippen molar-refractivity contribution in [1.29, 1.82) is 0 Å². The van der Waals surface area contributed by atoms with E-state index in [1.54, 1.807) is 6.07 Å². The first-order valence-electron chi connectivity index (χ1n) is 3.74. The van der Waals surface area contributed by atoms with Crippen molar-refractivity contribution in [1.82, 2.24) is 0 Å². The van der Waals surface area contributed by atoms with Crippen LogP contribution >= 0.6 is 46.6 Å². The quantitative estimate of drug-likeness (QED) is 0.618. The maximum absolute atomic E-state index is 10.8. The highest BCUT2D eigenvalue weighted by Gasteiger charge is 2.11. The molecule has 0 spiro atoms. The molecule has 72 valence electrons. The second-order valence-corrected chi connectivity index (χ2v) is 5.35. The molecular weight excluding hydrogens is 331 g/mol. The lowest BCUT2D eigenvalue weighted by molar-refractivity contribution is 0.0702. The second kappa shape index (κ2) is 3.71. The average molecular weight is 336 g/mol. The van der Waals surface area contributed by atoms with Crippen molar-refractivity contribution < 1.29 is 9.90 Å². The molecule has 0 saturated heterocycles. The minimum atomic E-state index is -0.872. The fraction of sp³-hybridized carbons (Fsp3) is 0. The fourth-order valence-corrected chi connectivity index (χ4v) is 3.19. The molecule has 0 aliphatic rings. The summed E-state index contributed by atoms with van der Waals surface area (Å²) >= 11 is 7.76. The molecule has 2 aromatic rings. The van der Waals surface area contributed by atoms with E-state index in [1.165, 1.54) is 11.3 Å². The number of carbonyl (C=O) groups is 1. The van der Waals surface area contributed by atoms with Crippen LogP contribution in [0.2, 0.25) is 0 Å². The van der Waals surface area contributed by atoms with Crippen molar-refractivity contribution in [3.8, 4) is 0 Å². The zero-order chi connectivity index (χ0) is 10.3. The summed E-state index contributed by atoms with van der Waals surface area (Å²) in [6.45, 7) is 0. The van der Waals surface area contributed by atoms with E-state index in [-0.39, 0.29) is 0 Å². The number of aromatic carboxylic acids is 1. The largest absolute Gasteiger partial charge is 0.477 e. The highest BCUT2D eigenvalue weighted by molar-refractivity contribution is 14.1. The molecule has 0 aliphatic heterocycles. The normalized spacial score (nSPS) is 10.7. The summed E-state index contributed by atoms with van der Waals surface area (Å²) in [4.78, 5) is 12.0. The highest BCUT2D eigenvalue weighted by Crippen LogP contribution is 2.33. The SMILES string of the molecule is O=C(O)c1cc2ccc(S)c(I)c2s1. The van der Waals surface area contributed by atoms with Crippen LogP contribution in [-0.2, 0) is 0 Å². The molecule has 0 saturated carbocycles. The molecule has 1 heterocycles. The maximum Gasteiger partial charge on any atom is 0.345 e. The number of thiol groups is 1. The van der Waals surface area contributed by atoms with E-state index >= 15 is 0 Å². The minimum absolute atomic E-state index is 0.372. The van der Waals surface area contributed by atoms with Crippen LogP contribution in [0.4, 0.5) is 0 Å². The predicted molar refractivity (Wildman–Crippen MR) is 68.8 cm³/mol. The third-order valence-electron chi connectivity index (χ3n) is 1.82. The van der Waals surface area contributed by atoms with E-state index in [0.29, 0.717) is 4.88 Å². The van der Waals surface area contributed by atoms with Gasteiger partial charge in [-0.1, -0.05) is 6.07 Å². The first-order chi connectivity index (χ1) is 6.59. The molecule has 1 aromatic heterocycles. The third-order valence-corrected chi connectivity index (χ3v) is 5.26. The van der Waals surface area contributed by atoms with Gasteiger partial charge in [0, 0.05) is 13.2 Å². The molecule has 0 fully saturated rings. The Balaban J connectivity index is 2.77. The maximum atomic E-state index is 10.8. The smallest absolute Gasteiger partial charge is 0.345 e. The molecule has 2 nitrogen and oxygen atoms in total. The van der Waals surface area contributed by atoms with E-state index < -0.39 is 5.97 Å². The van der Waals surface area contributed by atoms with Gasteiger partial charge in [0.2, 0.25) is 0 Å².